The lowest BCUT2D eigenvalue weighted by atomic mass is 10.0. The first-order valence-electron chi connectivity index (χ1n) is 4.86. The first-order valence-corrected chi connectivity index (χ1v) is 5.24. The van der Waals surface area contributed by atoms with Crippen LogP contribution in [0.15, 0.2) is 36.5 Å². The van der Waals surface area contributed by atoms with Gasteiger partial charge >= 0.3 is 0 Å². The van der Waals surface area contributed by atoms with Crippen molar-refractivity contribution in [1.82, 2.24) is 4.98 Å². The van der Waals surface area contributed by atoms with E-state index < -0.39 is 0 Å². The highest BCUT2D eigenvalue weighted by atomic mass is 35.5. The van der Waals surface area contributed by atoms with Crippen LogP contribution in [0.2, 0.25) is 5.02 Å². The van der Waals surface area contributed by atoms with Crippen molar-refractivity contribution in [3.05, 3.63) is 52.7 Å². The zero-order valence-electron chi connectivity index (χ0n) is 8.79. The lowest BCUT2D eigenvalue weighted by Crippen LogP contribution is -1.90. The molecular formula is C13H12ClN. The molecular weight excluding hydrogens is 206 g/mol. The van der Waals surface area contributed by atoms with Gasteiger partial charge in [-0.05, 0) is 31.0 Å². The molecule has 0 saturated carbocycles. The van der Waals surface area contributed by atoms with E-state index in [1.165, 1.54) is 11.1 Å². The number of hydrogen-bond donors (Lipinski definition) is 0. The highest BCUT2D eigenvalue weighted by Gasteiger charge is 2.05. The van der Waals surface area contributed by atoms with Crippen molar-refractivity contribution in [2.45, 2.75) is 13.8 Å². The molecule has 15 heavy (non-hydrogen) atoms. The summed E-state index contributed by atoms with van der Waals surface area (Å²) in [5.41, 5.74) is 4.52. The zero-order chi connectivity index (χ0) is 10.8. The van der Waals surface area contributed by atoms with Gasteiger partial charge in [-0.15, -0.1) is 0 Å². The summed E-state index contributed by atoms with van der Waals surface area (Å²) in [6.45, 7) is 4.12. The monoisotopic (exact) mass is 217 g/mol. The van der Waals surface area contributed by atoms with Crippen LogP contribution in [0.5, 0.6) is 0 Å². The van der Waals surface area contributed by atoms with Crippen LogP contribution in [0.4, 0.5) is 0 Å². The van der Waals surface area contributed by atoms with Gasteiger partial charge in [0.15, 0.2) is 0 Å². The summed E-state index contributed by atoms with van der Waals surface area (Å²) in [6.07, 6.45) is 1.69. The van der Waals surface area contributed by atoms with Gasteiger partial charge in [0.05, 0.1) is 10.7 Å². The molecule has 1 heterocycles. The molecule has 1 aromatic heterocycles. The molecule has 0 bridgehead atoms. The Balaban J connectivity index is 2.60. The van der Waals surface area contributed by atoms with E-state index >= 15 is 0 Å². The Bertz CT molecular complexity index is 492. The van der Waals surface area contributed by atoms with Crippen LogP contribution in [0, 0.1) is 13.8 Å². The normalized spacial score (nSPS) is 10.3. The third-order valence-corrected chi connectivity index (χ3v) is 2.65. The second-order valence-corrected chi connectivity index (χ2v) is 4.07. The predicted octanol–water partition coefficient (Wildman–Crippen LogP) is 4.02. The molecule has 1 aromatic carbocycles. The summed E-state index contributed by atoms with van der Waals surface area (Å²) in [5.74, 6) is 0. The fraction of sp³-hybridized carbons (Fsp3) is 0.154. The molecule has 0 unspecified atom stereocenters. The van der Waals surface area contributed by atoms with Crippen LogP contribution >= 0.6 is 11.6 Å². The maximum absolute atomic E-state index is 5.88. The van der Waals surface area contributed by atoms with Crippen molar-refractivity contribution in [1.29, 1.82) is 0 Å². The van der Waals surface area contributed by atoms with Gasteiger partial charge in [0.2, 0.25) is 0 Å². The Morgan fingerprint density at radius 3 is 2.47 bits per heavy atom. The van der Waals surface area contributed by atoms with E-state index in [0.717, 1.165) is 11.3 Å². The maximum atomic E-state index is 5.88. The van der Waals surface area contributed by atoms with Crippen LogP contribution < -0.4 is 0 Å². The molecule has 2 heteroatoms. The summed E-state index contributed by atoms with van der Waals surface area (Å²) < 4.78 is 0. The lowest BCUT2D eigenvalue weighted by molar-refractivity contribution is 1.26. The van der Waals surface area contributed by atoms with Gasteiger partial charge in [-0.2, -0.15) is 0 Å². The Kier molecular flexibility index (Phi) is 2.74. The summed E-state index contributed by atoms with van der Waals surface area (Å²) in [4.78, 5) is 4.38. The number of benzene rings is 1. The highest BCUT2D eigenvalue weighted by molar-refractivity contribution is 6.30. The number of hydrogen-bond acceptors (Lipinski definition) is 1. The van der Waals surface area contributed by atoms with Gasteiger partial charge in [-0.25, -0.2) is 0 Å². The van der Waals surface area contributed by atoms with Crippen molar-refractivity contribution < 1.29 is 0 Å². The van der Waals surface area contributed by atoms with Crippen LogP contribution in [0.25, 0.3) is 11.3 Å². The standard InChI is InChI=1S/C13H12ClN/c1-9-5-3-4-6-12(9)13-10(2)7-11(14)8-15-13/h3-8H,1-2H3. The van der Waals surface area contributed by atoms with E-state index in [-0.39, 0.29) is 0 Å². The summed E-state index contributed by atoms with van der Waals surface area (Å²) in [5, 5.41) is 0.685. The van der Waals surface area contributed by atoms with E-state index in [9.17, 15) is 0 Å². The zero-order valence-corrected chi connectivity index (χ0v) is 9.55. The van der Waals surface area contributed by atoms with Crippen molar-refractivity contribution in [3.8, 4) is 11.3 Å². The van der Waals surface area contributed by atoms with Gasteiger partial charge in [0, 0.05) is 11.8 Å². The van der Waals surface area contributed by atoms with Crippen LogP contribution in [0.3, 0.4) is 0 Å². The van der Waals surface area contributed by atoms with Crippen LogP contribution in [-0.4, -0.2) is 4.98 Å². The number of halogens is 1. The fourth-order valence-electron chi connectivity index (χ4n) is 1.66. The van der Waals surface area contributed by atoms with Crippen LogP contribution in [-0.2, 0) is 0 Å². The minimum atomic E-state index is 0.685. The smallest absolute Gasteiger partial charge is 0.0734 e. The number of aryl methyl sites for hydroxylation is 2. The van der Waals surface area contributed by atoms with Gasteiger partial charge in [0.1, 0.15) is 0 Å². The minimum Gasteiger partial charge on any atom is -0.254 e. The van der Waals surface area contributed by atoms with Gasteiger partial charge < -0.3 is 0 Å². The second kappa shape index (κ2) is 4.03. The Hall–Kier alpha value is -1.34. The molecule has 0 spiro atoms. The van der Waals surface area contributed by atoms with E-state index in [2.05, 4.69) is 24.0 Å². The first-order chi connectivity index (χ1) is 7.18. The summed E-state index contributed by atoms with van der Waals surface area (Å²) >= 11 is 5.88. The predicted molar refractivity (Wildman–Crippen MR) is 64.2 cm³/mol. The quantitative estimate of drug-likeness (QED) is 0.703. The molecule has 2 aromatic rings. The maximum Gasteiger partial charge on any atom is 0.0734 e. The van der Waals surface area contributed by atoms with Crippen molar-refractivity contribution in [3.63, 3.8) is 0 Å². The van der Waals surface area contributed by atoms with Gasteiger partial charge in [-0.3, -0.25) is 4.98 Å². The number of nitrogens with zero attached hydrogens (tertiary/aromatic N) is 1. The summed E-state index contributed by atoms with van der Waals surface area (Å²) in [7, 11) is 0. The SMILES string of the molecule is Cc1ccccc1-c1ncc(Cl)cc1C. The van der Waals surface area contributed by atoms with E-state index in [1.54, 1.807) is 6.20 Å². The third-order valence-electron chi connectivity index (χ3n) is 2.45. The van der Waals surface area contributed by atoms with E-state index in [0.29, 0.717) is 5.02 Å². The van der Waals surface area contributed by atoms with Gasteiger partial charge in [-0.1, -0.05) is 35.9 Å². The van der Waals surface area contributed by atoms with E-state index in [1.807, 2.05) is 25.1 Å². The number of pyridine rings is 1. The molecule has 0 aliphatic heterocycles. The lowest BCUT2D eigenvalue weighted by Gasteiger charge is -2.07. The highest BCUT2D eigenvalue weighted by Crippen LogP contribution is 2.25. The topological polar surface area (TPSA) is 12.9 Å². The molecule has 0 fully saturated rings. The molecule has 0 N–H and O–H groups in total. The molecule has 0 amide bonds. The molecule has 0 aliphatic carbocycles. The first kappa shape index (κ1) is 10.2. The number of aromatic nitrogens is 1. The Morgan fingerprint density at radius 1 is 1.07 bits per heavy atom. The minimum absolute atomic E-state index is 0.685. The largest absolute Gasteiger partial charge is 0.254 e. The molecule has 2 rings (SSSR count). The van der Waals surface area contributed by atoms with Crippen LogP contribution in [0.1, 0.15) is 11.1 Å². The average Bonchev–Trinajstić information content (AvgIpc) is 2.20. The van der Waals surface area contributed by atoms with E-state index in [4.69, 9.17) is 11.6 Å². The Labute approximate surface area is 94.7 Å². The molecule has 76 valence electrons. The molecule has 1 nitrogen and oxygen atoms in total. The van der Waals surface area contributed by atoms with Crippen molar-refractivity contribution in [2.24, 2.45) is 0 Å². The second-order valence-electron chi connectivity index (χ2n) is 3.63. The average molecular weight is 218 g/mol. The van der Waals surface area contributed by atoms with Crippen molar-refractivity contribution in [2.75, 3.05) is 0 Å². The molecule has 0 atom stereocenters. The number of rotatable bonds is 1. The molecule has 0 radical (unpaired) electrons. The fourth-order valence-corrected chi connectivity index (χ4v) is 1.87. The third kappa shape index (κ3) is 2.02. The summed E-state index contributed by atoms with van der Waals surface area (Å²) in [6, 6.07) is 10.2. The van der Waals surface area contributed by atoms with Crippen molar-refractivity contribution >= 4 is 11.6 Å². The molecule has 0 aliphatic rings. The molecule has 0 saturated heterocycles. The van der Waals surface area contributed by atoms with Gasteiger partial charge in [0.25, 0.3) is 0 Å². The Morgan fingerprint density at radius 2 is 1.80 bits per heavy atom.